The largest absolute Gasteiger partial charge is 0.355 e. The van der Waals surface area contributed by atoms with Gasteiger partial charge < -0.3 is 14.7 Å². The molecule has 1 heterocycles. The molecule has 0 unspecified atom stereocenters. The van der Waals surface area contributed by atoms with E-state index in [1.165, 1.54) is 4.90 Å². The molecule has 1 fully saturated rings. The third kappa shape index (κ3) is 5.14. The van der Waals surface area contributed by atoms with E-state index < -0.39 is 0 Å². The maximum Gasteiger partial charge on any atom is 0.276 e. The molecule has 30 heavy (non-hydrogen) atoms. The minimum Gasteiger partial charge on any atom is -0.355 e. The number of carbonyl (C=O) groups is 2. The number of carbonyl (C=O) groups excluding carboxylic acids is 2. The first-order valence-electron chi connectivity index (χ1n) is 10.2. The first-order chi connectivity index (χ1) is 14.6. The van der Waals surface area contributed by atoms with Crippen molar-refractivity contribution in [1.82, 2.24) is 15.4 Å². The Morgan fingerprint density at radius 2 is 1.90 bits per heavy atom. The van der Waals surface area contributed by atoms with Gasteiger partial charge in [-0.1, -0.05) is 59.3 Å². The van der Waals surface area contributed by atoms with Gasteiger partial charge in [0.25, 0.3) is 5.91 Å². The molecule has 0 spiro atoms. The lowest BCUT2D eigenvalue weighted by Gasteiger charge is -2.21. The number of aryl methyl sites for hydroxylation is 1. The Morgan fingerprint density at radius 3 is 2.63 bits per heavy atom. The molecular formula is C24H25N3O3. The summed E-state index contributed by atoms with van der Waals surface area (Å²) in [4.78, 5) is 27.1. The Kier molecular flexibility index (Phi) is 5.93. The van der Waals surface area contributed by atoms with Crippen molar-refractivity contribution in [1.29, 1.82) is 0 Å². The van der Waals surface area contributed by atoms with Gasteiger partial charge in [-0.3, -0.25) is 9.59 Å². The fraction of sp³-hybridized carbons (Fsp3) is 0.292. The summed E-state index contributed by atoms with van der Waals surface area (Å²) in [5.74, 6) is 0.621. The highest BCUT2D eigenvalue weighted by atomic mass is 16.5. The Balaban J connectivity index is 1.51. The summed E-state index contributed by atoms with van der Waals surface area (Å²) in [5, 5.41) is 6.91. The predicted molar refractivity (Wildman–Crippen MR) is 114 cm³/mol. The standard InChI is InChI=1S/C24H25N3O3/c1-17-6-5-9-20(12-17)22-13-21(26-30-22)24(29)27(15-19-7-3-2-4-8-19)16-23(28)25-14-18-10-11-18/h2-9,12-13,18H,10-11,14-16H2,1H3,(H,25,28). The zero-order valence-electron chi connectivity index (χ0n) is 17.0. The fourth-order valence-electron chi connectivity index (χ4n) is 3.29. The number of benzene rings is 2. The molecule has 2 amide bonds. The van der Waals surface area contributed by atoms with Gasteiger partial charge in [-0.15, -0.1) is 0 Å². The van der Waals surface area contributed by atoms with Gasteiger partial charge in [0.1, 0.15) is 6.54 Å². The maximum atomic E-state index is 13.2. The first kappa shape index (κ1) is 19.9. The van der Waals surface area contributed by atoms with Gasteiger partial charge in [-0.05, 0) is 37.3 Å². The topological polar surface area (TPSA) is 75.4 Å². The monoisotopic (exact) mass is 403 g/mol. The Morgan fingerprint density at radius 1 is 1.10 bits per heavy atom. The summed E-state index contributed by atoms with van der Waals surface area (Å²) in [5.41, 5.74) is 3.09. The van der Waals surface area contributed by atoms with Crippen LogP contribution in [0.25, 0.3) is 11.3 Å². The molecule has 3 aromatic rings. The van der Waals surface area contributed by atoms with Crippen LogP contribution in [0.2, 0.25) is 0 Å². The van der Waals surface area contributed by atoms with E-state index in [1.54, 1.807) is 6.07 Å². The van der Waals surface area contributed by atoms with Crippen LogP contribution in [-0.2, 0) is 11.3 Å². The van der Waals surface area contributed by atoms with Gasteiger partial charge >= 0.3 is 0 Å². The van der Waals surface area contributed by atoms with E-state index in [2.05, 4.69) is 10.5 Å². The molecule has 154 valence electrons. The van der Waals surface area contributed by atoms with Gasteiger partial charge in [0, 0.05) is 24.7 Å². The van der Waals surface area contributed by atoms with Crippen LogP contribution in [0, 0.1) is 12.8 Å². The van der Waals surface area contributed by atoms with Crippen LogP contribution >= 0.6 is 0 Å². The number of rotatable bonds is 8. The number of aromatic nitrogens is 1. The quantitative estimate of drug-likeness (QED) is 0.620. The summed E-state index contributed by atoms with van der Waals surface area (Å²) in [6, 6.07) is 19.1. The molecule has 1 aromatic heterocycles. The van der Waals surface area contributed by atoms with E-state index in [0.29, 0.717) is 24.8 Å². The predicted octanol–water partition coefficient (Wildman–Crippen LogP) is 3.82. The lowest BCUT2D eigenvalue weighted by molar-refractivity contribution is -0.121. The van der Waals surface area contributed by atoms with Crippen LogP contribution < -0.4 is 5.32 Å². The Labute approximate surface area is 175 Å². The summed E-state index contributed by atoms with van der Waals surface area (Å²) >= 11 is 0. The Hall–Kier alpha value is -3.41. The molecule has 0 bridgehead atoms. The van der Waals surface area contributed by atoms with Crippen LogP contribution in [0.15, 0.2) is 65.2 Å². The molecule has 0 aliphatic heterocycles. The molecule has 1 aliphatic carbocycles. The Bertz CT molecular complexity index is 1020. The summed E-state index contributed by atoms with van der Waals surface area (Å²) in [6.07, 6.45) is 2.32. The van der Waals surface area contributed by atoms with Crippen LogP contribution in [0.5, 0.6) is 0 Å². The average Bonchev–Trinajstić information content (AvgIpc) is 3.45. The highest BCUT2D eigenvalue weighted by Crippen LogP contribution is 2.27. The van der Waals surface area contributed by atoms with E-state index in [9.17, 15) is 9.59 Å². The minimum atomic E-state index is -0.330. The van der Waals surface area contributed by atoms with Crippen molar-refractivity contribution >= 4 is 11.8 Å². The molecule has 2 aromatic carbocycles. The van der Waals surface area contributed by atoms with Crippen LogP contribution in [0.3, 0.4) is 0 Å². The maximum absolute atomic E-state index is 13.2. The second kappa shape index (κ2) is 8.95. The minimum absolute atomic E-state index is 0.0207. The summed E-state index contributed by atoms with van der Waals surface area (Å²) in [6.45, 7) is 2.97. The van der Waals surface area contributed by atoms with Crippen LogP contribution in [-0.4, -0.2) is 35.0 Å². The van der Waals surface area contributed by atoms with Crippen molar-refractivity contribution in [3.8, 4) is 11.3 Å². The van der Waals surface area contributed by atoms with Gasteiger partial charge in [0.05, 0.1) is 0 Å². The molecule has 0 radical (unpaired) electrons. The van der Waals surface area contributed by atoms with E-state index in [-0.39, 0.29) is 24.1 Å². The fourth-order valence-corrected chi connectivity index (χ4v) is 3.29. The molecule has 6 heteroatoms. The van der Waals surface area contributed by atoms with Gasteiger partial charge in [0.2, 0.25) is 5.91 Å². The summed E-state index contributed by atoms with van der Waals surface area (Å²) < 4.78 is 5.42. The van der Waals surface area contributed by atoms with Crippen molar-refractivity contribution in [2.45, 2.75) is 26.3 Å². The molecule has 0 saturated heterocycles. The van der Waals surface area contributed by atoms with Crippen molar-refractivity contribution in [2.75, 3.05) is 13.1 Å². The first-order valence-corrected chi connectivity index (χ1v) is 10.2. The zero-order valence-corrected chi connectivity index (χ0v) is 17.0. The second-order valence-corrected chi connectivity index (χ2v) is 7.84. The van der Waals surface area contributed by atoms with Crippen LogP contribution in [0.1, 0.15) is 34.5 Å². The summed E-state index contributed by atoms with van der Waals surface area (Å²) in [7, 11) is 0. The van der Waals surface area contributed by atoms with Crippen LogP contribution in [0.4, 0.5) is 0 Å². The molecule has 1 saturated carbocycles. The average molecular weight is 403 g/mol. The highest BCUT2D eigenvalue weighted by Gasteiger charge is 2.25. The number of amides is 2. The molecule has 1 N–H and O–H groups in total. The lowest BCUT2D eigenvalue weighted by Crippen LogP contribution is -2.41. The van der Waals surface area contributed by atoms with Crippen molar-refractivity contribution in [2.24, 2.45) is 5.92 Å². The van der Waals surface area contributed by atoms with Crippen molar-refractivity contribution in [3.63, 3.8) is 0 Å². The third-order valence-electron chi connectivity index (χ3n) is 5.15. The number of nitrogens with one attached hydrogen (secondary N) is 1. The van der Waals surface area contributed by atoms with Gasteiger partial charge in [0.15, 0.2) is 11.5 Å². The SMILES string of the molecule is Cc1cccc(-c2cc(C(=O)N(CC(=O)NCC3CC3)Cc3ccccc3)no2)c1. The normalized spacial score (nSPS) is 13.1. The van der Waals surface area contributed by atoms with Gasteiger partial charge in [-0.2, -0.15) is 0 Å². The zero-order chi connectivity index (χ0) is 20.9. The van der Waals surface area contributed by atoms with E-state index in [1.807, 2.05) is 61.5 Å². The second-order valence-electron chi connectivity index (χ2n) is 7.84. The van der Waals surface area contributed by atoms with E-state index in [0.717, 1.165) is 29.5 Å². The third-order valence-corrected chi connectivity index (χ3v) is 5.15. The van der Waals surface area contributed by atoms with E-state index >= 15 is 0 Å². The molecule has 0 atom stereocenters. The molecule has 1 aliphatic rings. The smallest absolute Gasteiger partial charge is 0.276 e. The van der Waals surface area contributed by atoms with Crippen molar-refractivity contribution < 1.29 is 14.1 Å². The number of hydrogen-bond acceptors (Lipinski definition) is 4. The molecule has 6 nitrogen and oxygen atoms in total. The van der Waals surface area contributed by atoms with E-state index in [4.69, 9.17) is 4.52 Å². The molecule has 4 rings (SSSR count). The number of nitrogens with zero attached hydrogens (tertiary/aromatic N) is 2. The highest BCUT2D eigenvalue weighted by molar-refractivity contribution is 5.95. The van der Waals surface area contributed by atoms with Gasteiger partial charge in [-0.25, -0.2) is 0 Å². The van der Waals surface area contributed by atoms with Crippen molar-refractivity contribution in [3.05, 3.63) is 77.5 Å². The molecular weight excluding hydrogens is 378 g/mol. The number of hydrogen-bond donors (Lipinski definition) is 1. The lowest BCUT2D eigenvalue weighted by atomic mass is 10.1.